The third-order valence-electron chi connectivity index (χ3n) is 1.54. The number of amidine groups is 1. The molecule has 1 aliphatic heterocycles. The second kappa shape index (κ2) is 4.28. The quantitative estimate of drug-likeness (QED) is 0.551. The maximum Gasteiger partial charge on any atom is 0.0963 e. The van der Waals surface area contributed by atoms with Gasteiger partial charge < -0.3 is 10.4 Å². The molecule has 0 aromatic heterocycles. The SMILES string of the molecule is OCCCNC1=NCCC1. The fraction of sp³-hybridized carbons (Fsp3) is 0.857. The Morgan fingerprint density at radius 2 is 2.50 bits per heavy atom. The van der Waals surface area contributed by atoms with Gasteiger partial charge in [0.05, 0.1) is 5.84 Å². The van der Waals surface area contributed by atoms with Crippen molar-refractivity contribution in [2.24, 2.45) is 4.99 Å². The van der Waals surface area contributed by atoms with Crippen LogP contribution in [-0.2, 0) is 0 Å². The molecule has 0 unspecified atom stereocenters. The third-order valence-corrected chi connectivity index (χ3v) is 1.54. The summed E-state index contributed by atoms with van der Waals surface area (Å²) in [5.74, 6) is 1.12. The van der Waals surface area contributed by atoms with E-state index in [9.17, 15) is 0 Å². The molecular formula is C7H14N2O. The zero-order valence-electron chi connectivity index (χ0n) is 6.14. The van der Waals surface area contributed by atoms with Crippen LogP contribution in [0.2, 0.25) is 0 Å². The van der Waals surface area contributed by atoms with Crippen molar-refractivity contribution in [2.75, 3.05) is 19.7 Å². The molecule has 3 nitrogen and oxygen atoms in total. The molecule has 0 fully saturated rings. The van der Waals surface area contributed by atoms with E-state index >= 15 is 0 Å². The molecule has 10 heavy (non-hydrogen) atoms. The van der Waals surface area contributed by atoms with Gasteiger partial charge in [0.25, 0.3) is 0 Å². The van der Waals surface area contributed by atoms with Crippen molar-refractivity contribution in [1.82, 2.24) is 5.32 Å². The van der Waals surface area contributed by atoms with Gasteiger partial charge in [-0.15, -0.1) is 0 Å². The van der Waals surface area contributed by atoms with Crippen molar-refractivity contribution in [3.63, 3.8) is 0 Å². The first-order valence-electron chi connectivity index (χ1n) is 3.81. The number of aliphatic hydroxyl groups excluding tert-OH is 1. The van der Waals surface area contributed by atoms with Crippen LogP contribution in [0, 0.1) is 0 Å². The summed E-state index contributed by atoms with van der Waals surface area (Å²) in [6.45, 7) is 2.09. The minimum atomic E-state index is 0.264. The molecule has 0 aromatic rings. The molecule has 0 amide bonds. The number of aliphatic hydroxyl groups is 1. The summed E-state index contributed by atoms with van der Waals surface area (Å²) in [6.07, 6.45) is 3.09. The van der Waals surface area contributed by atoms with Crippen LogP contribution in [0.3, 0.4) is 0 Å². The van der Waals surface area contributed by atoms with Crippen LogP contribution in [0.5, 0.6) is 0 Å². The Labute approximate surface area is 61.2 Å². The van der Waals surface area contributed by atoms with E-state index in [2.05, 4.69) is 10.3 Å². The molecule has 3 heteroatoms. The molecule has 0 saturated heterocycles. The average Bonchev–Trinajstić information content (AvgIpc) is 2.41. The van der Waals surface area contributed by atoms with Gasteiger partial charge in [0, 0.05) is 26.1 Å². The van der Waals surface area contributed by atoms with Crippen LogP contribution in [-0.4, -0.2) is 30.6 Å². The molecule has 0 radical (unpaired) electrons. The van der Waals surface area contributed by atoms with Crippen LogP contribution in [0.15, 0.2) is 4.99 Å². The zero-order valence-corrected chi connectivity index (χ0v) is 6.14. The molecular weight excluding hydrogens is 128 g/mol. The summed E-state index contributed by atoms with van der Waals surface area (Å²) >= 11 is 0. The third kappa shape index (κ3) is 2.35. The summed E-state index contributed by atoms with van der Waals surface area (Å²) in [4.78, 5) is 4.23. The molecule has 0 saturated carbocycles. The van der Waals surface area contributed by atoms with Crippen LogP contribution >= 0.6 is 0 Å². The first-order chi connectivity index (χ1) is 4.93. The predicted octanol–water partition coefficient (Wildman–Crippen LogP) is 0.151. The number of aliphatic imine (C=N–C) groups is 1. The van der Waals surface area contributed by atoms with Gasteiger partial charge in [-0.05, 0) is 12.8 Å². The average molecular weight is 142 g/mol. The lowest BCUT2D eigenvalue weighted by Crippen LogP contribution is -2.22. The van der Waals surface area contributed by atoms with Gasteiger partial charge in [-0.1, -0.05) is 0 Å². The highest BCUT2D eigenvalue weighted by Gasteiger charge is 2.03. The molecule has 1 aliphatic rings. The molecule has 0 aliphatic carbocycles. The maximum absolute atomic E-state index is 8.46. The summed E-state index contributed by atoms with van der Waals surface area (Å²) in [5, 5.41) is 11.6. The Morgan fingerprint density at radius 1 is 1.60 bits per heavy atom. The number of hydrogen-bond acceptors (Lipinski definition) is 3. The fourth-order valence-electron chi connectivity index (χ4n) is 0.996. The smallest absolute Gasteiger partial charge is 0.0963 e. The Bertz CT molecular complexity index is 123. The van der Waals surface area contributed by atoms with Gasteiger partial charge in [-0.2, -0.15) is 0 Å². The summed E-state index contributed by atoms with van der Waals surface area (Å²) in [6, 6.07) is 0. The Hall–Kier alpha value is -0.570. The summed E-state index contributed by atoms with van der Waals surface area (Å²) in [7, 11) is 0. The van der Waals surface area contributed by atoms with Crippen LogP contribution in [0.1, 0.15) is 19.3 Å². The first kappa shape index (κ1) is 7.54. The maximum atomic E-state index is 8.46. The van der Waals surface area contributed by atoms with Crippen LogP contribution < -0.4 is 5.32 Å². The van der Waals surface area contributed by atoms with Crippen LogP contribution in [0.25, 0.3) is 0 Å². The van der Waals surface area contributed by atoms with E-state index in [1.165, 1.54) is 6.42 Å². The van der Waals surface area contributed by atoms with E-state index in [4.69, 9.17) is 5.11 Å². The minimum Gasteiger partial charge on any atom is -0.396 e. The van der Waals surface area contributed by atoms with E-state index in [1.54, 1.807) is 0 Å². The fourth-order valence-corrected chi connectivity index (χ4v) is 0.996. The second-order valence-corrected chi connectivity index (χ2v) is 2.44. The second-order valence-electron chi connectivity index (χ2n) is 2.44. The van der Waals surface area contributed by atoms with E-state index in [1.807, 2.05) is 0 Å². The van der Waals surface area contributed by atoms with Crippen molar-refractivity contribution >= 4 is 5.84 Å². The lowest BCUT2D eigenvalue weighted by molar-refractivity contribution is 0.289. The summed E-state index contributed by atoms with van der Waals surface area (Å²) < 4.78 is 0. The molecule has 58 valence electrons. The molecule has 0 atom stereocenters. The van der Waals surface area contributed by atoms with Gasteiger partial charge >= 0.3 is 0 Å². The highest BCUT2D eigenvalue weighted by Crippen LogP contribution is 2.00. The van der Waals surface area contributed by atoms with Crippen molar-refractivity contribution in [3.8, 4) is 0 Å². The van der Waals surface area contributed by atoms with Crippen molar-refractivity contribution < 1.29 is 5.11 Å². The number of rotatable bonds is 3. The van der Waals surface area contributed by atoms with Crippen LogP contribution in [0.4, 0.5) is 0 Å². The van der Waals surface area contributed by atoms with Gasteiger partial charge in [0.1, 0.15) is 0 Å². The van der Waals surface area contributed by atoms with Crippen molar-refractivity contribution in [2.45, 2.75) is 19.3 Å². The van der Waals surface area contributed by atoms with E-state index in [0.717, 1.165) is 31.8 Å². The normalized spacial score (nSPS) is 17.1. The van der Waals surface area contributed by atoms with Gasteiger partial charge in [0.15, 0.2) is 0 Å². The molecule has 0 spiro atoms. The first-order valence-corrected chi connectivity index (χ1v) is 3.81. The number of hydrogen-bond donors (Lipinski definition) is 2. The lowest BCUT2D eigenvalue weighted by Gasteiger charge is -2.02. The largest absolute Gasteiger partial charge is 0.396 e. The Morgan fingerprint density at radius 3 is 3.10 bits per heavy atom. The van der Waals surface area contributed by atoms with Gasteiger partial charge in [-0.3, -0.25) is 4.99 Å². The minimum absolute atomic E-state index is 0.264. The standard InChI is InChI=1S/C7H14N2O/c10-6-2-5-9-7-3-1-4-8-7/h10H,1-6H2,(H,8,9). The topological polar surface area (TPSA) is 44.6 Å². The van der Waals surface area contributed by atoms with E-state index < -0.39 is 0 Å². The van der Waals surface area contributed by atoms with Gasteiger partial charge in [0.2, 0.25) is 0 Å². The Balaban J connectivity index is 2.01. The lowest BCUT2D eigenvalue weighted by atomic mass is 10.3. The molecule has 0 aromatic carbocycles. The number of nitrogens with one attached hydrogen (secondary N) is 1. The van der Waals surface area contributed by atoms with Crippen molar-refractivity contribution in [3.05, 3.63) is 0 Å². The van der Waals surface area contributed by atoms with Crippen molar-refractivity contribution in [1.29, 1.82) is 0 Å². The molecule has 1 heterocycles. The highest BCUT2D eigenvalue weighted by molar-refractivity contribution is 5.83. The molecule has 1 rings (SSSR count). The molecule has 0 bridgehead atoms. The van der Waals surface area contributed by atoms with E-state index in [-0.39, 0.29) is 6.61 Å². The highest BCUT2D eigenvalue weighted by atomic mass is 16.3. The van der Waals surface area contributed by atoms with Gasteiger partial charge in [-0.25, -0.2) is 0 Å². The zero-order chi connectivity index (χ0) is 7.23. The Kier molecular flexibility index (Phi) is 3.22. The number of nitrogens with zero attached hydrogens (tertiary/aromatic N) is 1. The van der Waals surface area contributed by atoms with E-state index in [0.29, 0.717) is 0 Å². The molecule has 2 N–H and O–H groups in total. The summed E-state index contributed by atoms with van der Waals surface area (Å²) in [5.41, 5.74) is 0. The monoisotopic (exact) mass is 142 g/mol. The predicted molar refractivity (Wildman–Crippen MR) is 41.2 cm³/mol.